The molecule has 2 aromatic heterocycles. The van der Waals surface area contributed by atoms with E-state index >= 15 is 0 Å². The van der Waals surface area contributed by atoms with Crippen LogP contribution in [0.5, 0.6) is 0 Å². The zero-order valence-electron chi connectivity index (χ0n) is 13.3. The number of nitrogens with one attached hydrogen (secondary N) is 2. The Kier molecular flexibility index (Phi) is 6.90. The normalized spacial score (nSPS) is 11.3. The number of thioether (sulfide) groups is 1. The number of hydrogen-bond acceptors (Lipinski definition) is 5. The summed E-state index contributed by atoms with van der Waals surface area (Å²) >= 11 is 8.09. The van der Waals surface area contributed by atoms with Crippen molar-refractivity contribution in [2.45, 2.75) is 18.1 Å². The number of thiophene rings is 1. The molecule has 0 bridgehead atoms. The summed E-state index contributed by atoms with van der Waals surface area (Å²) in [6.45, 7) is 1.65. The Morgan fingerprint density at radius 2 is 2.08 bits per heavy atom. The van der Waals surface area contributed by atoms with Gasteiger partial charge in [-0.1, -0.05) is 11.6 Å². The minimum absolute atomic E-state index is 0.0886. The van der Waals surface area contributed by atoms with Crippen molar-refractivity contribution in [2.75, 3.05) is 17.6 Å². The quantitative estimate of drug-likeness (QED) is 0.537. The van der Waals surface area contributed by atoms with Gasteiger partial charge < -0.3 is 10.6 Å². The number of carbonyl (C=O) groups is 2. The number of pyridine rings is 1. The molecule has 2 amide bonds. The van der Waals surface area contributed by atoms with Crippen molar-refractivity contribution in [1.82, 2.24) is 10.3 Å². The number of halogens is 4. The number of rotatable bonds is 6. The van der Waals surface area contributed by atoms with Crippen LogP contribution in [0.4, 0.5) is 18.2 Å². The zero-order chi connectivity index (χ0) is 19.3. The highest BCUT2D eigenvalue weighted by molar-refractivity contribution is 7.99. The van der Waals surface area contributed by atoms with Gasteiger partial charge in [-0.05, 0) is 18.2 Å². The standard InChI is InChI=1S/C15H13ClF3N3O2S2/c1-8(23)22-12-3-2-11(26-12)13(24)20-4-5-25-14-10(16)6-9(7-21-14)15(17,18)19/h2-3,6-7H,4-5H2,1H3,(H,20,24)(H,22,23). The lowest BCUT2D eigenvalue weighted by Gasteiger charge is -2.09. The molecule has 2 rings (SSSR count). The van der Waals surface area contributed by atoms with Crippen molar-refractivity contribution in [3.63, 3.8) is 0 Å². The van der Waals surface area contributed by atoms with Crippen molar-refractivity contribution in [2.24, 2.45) is 0 Å². The van der Waals surface area contributed by atoms with Crippen LogP contribution in [-0.4, -0.2) is 29.1 Å². The molecular formula is C15H13ClF3N3O2S2. The maximum atomic E-state index is 12.6. The molecular weight excluding hydrogens is 411 g/mol. The molecule has 5 nitrogen and oxygen atoms in total. The van der Waals surface area contributed by atoms with Crippen molar-refractivity contribution in [3.05, 3.63) is 39.9 Å². The Morgan fingerprint density at radius 1 is 1.35 bits per heavy atom. The second-order valence-electron chi connectivity index (χ2n) is 4.96. The van der Waals surface area contributed by atoms with E-state index in [1.807, 2.05) is 0 Å². The van der Waals surface area contributed by atoms with Crippen LogP contribution < -0.4 is 10.6 Å². The molecule has 0 radical (unpaired) electrons. The Labute approximate surface area is 160 Å². The molecule has 2 heterocycles. The molecule has 0 aromatic carbocycles. The molecule has 0 saturated heterocycles. The summed E-state index contributed by atoms with van der Waals surface area (Å²) in [7, 11) is 0. The van der Waals surface area contributed by atoms with E-state index in [1.165, 1.54) is 6.92 Å². The Balaban J connectivity index is 1.82. The van der Waals surface area contributed by atoms with Crippen LogP contribution in [0.2, 0.25) is 5.02 Å². The first-order valence-corrected chi connectivity index (χ1v) is 9.36. The molecule has 0 spiro atoms. The first kappa shape index (κ1) is 20.5. The second-order valence-corrected chi connectivity index (χ2v) is 7.53. The van der Waals surface area contributed by atoms with Crippen molar-refractivity contribution < 1.29 is 22.8 Å². The maximum absolute atomic E-state index is 12.6. The van der Waals surface area contributed by atoms with Crippen LogP contribution in [0.15, 0.2) is 29.4 Å². The number of alkyl halides is 3. The Bertz CT molecular complexity index is 812. The van der Waals surface area contributed by atoms with Gasteiger partial charge in [0.25, 0.3) is 5.91 Å². The fourth-order valence-electron chi connectivity index (χ4n) is 1.79. The third-order valence-electron chi connectivity index (χ3n) is 2.89. The number of hydrogen-bond donors (Lipinski definition) is 2. The van der Waals surface area contributed by atoms with Gasteiger partial charge in [0.05, 0.1) is 20.5 Å². The smallest absolute Gasteiger partial charge is 0.350 e. The summed E-state index contributed by atoms with van der Waals surface area (Å²) in [4.78, 5) is 27.1. The van der Waals surface area contributed by atoms with Gasteiger partial charge in [-0.15, -0.1) is 23.1 Å². The SMILES string of the molecule is CC(=O)Nc1ccc(C(=O)NCCSc2ncc(C(F)(F)F)cc2Cl)s1. The lowest BCUT2D eigenvalue weighted by atomic mass is 10.3. The number of amides is 2. The summed E-state index contributed by atoms with van der Waals surface area (Å²) in [5.74, 6) is -0.150. The van der Waals surface area contributed by atoms with Gasteiger partial charge in [-0.25, -0.2) is 4.98 Å². The summed E-state index contributed by atoms with van der Waals surface area (Å²) in [6.07, 6.45) is -3.77. The fourth-order valence-corrected chi connectivity index (χ4v) is 3.71. The fraction of sp³-hybridized carbons (Fsp3) is 0.267. The van der Waals surface area contributed by atoms with Crippen molar-refractivity contribution in [1.29, 1.82) is 0 Å². The van der Waals surface area contributed by atoms with E-state index in [9.17, 15) is 22.8 Å². The largest absolute Gasteiger partial charge is 0.417 e. The maximum Gasteiger partial charge on any atom is 0.417 e. The van der Waals surface area contributed by atoms with Crippen LogP contribution in [0, 0.1) is 0 Å². The van der Waals surface area contributed by atoms with Gasteiger partial charge in [-0.2, -0.15) is 13.2 Å². The zero-order valence-corrected chi connectivity index (χ0v) is 15.7. The van der Waals surface area contributed by atoms with Crippen LogP contribution in [0.1, 0.15) is 22.2 Å². The number of carbonyl (C=O) groups excluding carboxylic acids is 2. The first-order valence-electron chi connectivity index (χ1n) is 7.18. The van der Waals surface area contributed by atoms with E-state index in [2.05, 4.69) is 15.6 Å². The van der Waals surface area contributed by atoms with Crippen LogP contribution in [-0.2, 0) is 11.0 Å². The average Bonchev–Trinajstić information content (AvgIpc) is 2.99. The summed E-state index contributed by atoms with van der Waals surface area (Å²) in [6, 6.07) is 4.04. The predicted octanol–water partition coefficient (Wildman–Crippen LogP) is 4.30. The van der Waals surface area contributed by atoms with E-state index in [0.29, 0.717) is 15.6 Å². The molecule has 0 aliphatic carbocycles. The molecule has 0 saturated carbocycles. The van der Waals surface area contributed by atoms with Crippen LogP contribution in [0.25, 0.3) is 0 Å². The third kappa shape index (κ3) is 5.89. The Morgan fingerprint density at radius 3 is 2.69 bits per heavy atom. The van der Waals surface area contributed by atoms with Crippen LogP contribution in [0.3, 0.4) is 0 Å². The molecule has 26 heavy (non-hydrogen) atoms. The topological polar surface area (TPSA) is 71.1 Å². The number of aromatic nitrogens is 1. The lowest BCUT2D eigenvalue weighted by Crippen LogP contribution is -2.24. The van der Waals surface area contributed by atoms with Crippen molar-refractivity contribution >= 4 is 51.5 Å². The predicted molar refractivity (Wildman–Crippen MR) is 95.9 cm³/mol. The third-order valence-corrected chi connectivity index (χ3v) is 5.30. The second kappa shape index (κ2) is 8.74. The van der Waals surface area contributed by atoms with Gasteiger partial charge in [-0.3, -0.25) is 9.59 Å². The molecule has 11 heteroatoms. The molecule has 0 fully saturated rings. The molecule has 0 atom stereocenters. The van der Waals surface area contributed by atoms with Gasteiger partial charge >= 0.3 is 6.18 Å². The average molecular weight is 424 g/mol. The minimum atomic E-state index is -4.50. The highest BCUT2D eigenvalue weighted by atomic mass is 35.5. The highest BCUT2D eigenvalue weighted by Gasteiger charge is 2.31. The van der Waals surface area contributed by atoms with E-state index in [4.69, 9.17) is 11.6 Å². The van der Waals surface area contributed by atoms with E-state index in [-0.39, 0.29) is 28.4 Å². The van der Waals surface area contributed by atoms with Gasteiger partial charge in [0.2, 0.25) is 5.91 Å². The molecule has 140 valence electrons. The summed E-state index contributed by atoms with van der Waals surface area (Å²) in [5, 5.41) is 6.00. The van der Waals surface area contributed by atoms with E-state index in [1.54, 1.807) is 12.1 Å². The summed E-state index contributed by atoms with van der Waals surface area (Å²) in [5.41, 5.74) is -0.909. The van der Waals surface area contributed by atoms with E-state index in [0.717, 1.165) is 35.4 Å². The lowest BCUT2D eigenvalue weighted by molar-refractivity contribution is -0.137. The molecule has 2 aromatic rings. The molecule has 0 unspecified atom stereocenters. The number of nitrogens with zero attached hydrogens (tertiary/aromatic N) is 1. The monoisotopic (exact) mass is 423 g/mol. The first-order chi connectivity index (χ1) is 12.2. The number of anilines is 1. The van der Waals surface area contributed by atoms with Crippen LogP contribution >= 0.6 is 34.7 Å². The van der Waals surface area contributed by atoms with E-state index < -0.39 is 11.7 Å². The molecule has 0 aliphatic rings. The van der Waals surface area contributed by atoms with Gasteiger partial charge in [0, 0.05) is 25.4 Å². The van der Waals surface area contributed by atoms with Gasteiger partial charge in [0.1, 0.15) is 5.03 Å². The van der Waals surface area contributed by atoms with Gasteiger partial charge in [0.15, 0.2) is 0 Å². The Hall–Kier alpha value is -1.78. The van der Waals surface area contributed by atoms with Crippen molar-refractivity contribution in [3.8, 4) is 0 Å². The molecule has 2 N–H and O–H groups in total. The minimum Gasteiger partial charge on any atom is -0.350 e. The summed E-state index contributed by atoms with van der Waals surface area (Å²) < 4.78 is 37.7. The molecule has 0 aliphatic heterocycles. The highest BCUT2D eigenvalue weighted by Crippen LogP contribution is 2.33.